The van der Waals surface area contributed by atoms with Gasteiger partial charge in [-0.1, -0.05) is 0 Å². The Hall–Kier alpha value is -2.24. The minimum atomic E-state index is -1.10. The molecule has 0 aliphatic carbocycles. The predicted molar refractivity (Wildman–Crippen MR) is 49.8 cm³/mol. The van der Waals surface area contributed by atoms with Crippen LogP contribution >= 0.6 is 0 Å². The number of carboxylic acids is 1. The van der Waals surface area contributed by atoms with Crippen molar-refractivity contribution >= 4 is 17.9 Å². The molecule has 0 atom stereocenters. The highest BCUT2D eigenvalue weighted by atomic mass is 16.6. The molecule has 0 amide bonds. The first kappa shape index (κ1) is 10.8. The van der Waals surface area contributed by atoms with Gasteiger partial charge in [0.2, 0.25) is 0 Å². The fraction of sp³-hybridized carbons (Fsp3) is 0.111. The number of aldehydes is 1. The van der Waals surface area contributed by atoms with E-state index in [0.717, 1.165) is 12.1 Å². The average molecular weight is 209 g/mol. The van der Waals surface area contributed by atoms with Crippen molar-refractivity contribution in [2.24, 2.45) is 0 Å². The Morgan fingerprint density at radius 2 is 2.13 bits per heavy atom. The summed E-state index contributed by atoms with van der Waals surface area (Å²) in [4.78, 5) is 30.6. The van der Waals surface area contributed by atoms with Crippen molar-refractivity contribution in [3.63, 3.8) is 0 Å². The number of aliphatic carboxylic acids is 1. The van der Waals surface area contributed by atoms with E-state index < -0.39 is 10.9 Å². The second-order valence-electron chi connectivity index (χ2n) is 2.88. The number of nitro benzene ring substituents is 1. The summed E-state index contributed by atoms with van der Waals surface area (Å²) >= 11 is 0. The van der Waals surface area contributed by atoms with Crippen LogP contribution in [0.25, 0.3) is 0 Å². The van der Waals surface area contributed by atoms with Gasteiger partial charge in [0, 0.05) is 17.7 Å². The lowest BCUT2D eigenvalue weighted by Gasteiger charge is -1.99. The molecule has 0 aliphatic rings. The maximum Gasteiger partial charge on any atom is 0.307 e. The van der Waals surface area contributed by atoms with E-state index in [1.54, 1.807) is 0 Å². The standard InChI is InChI=1S/C9H7NO5/c11-5-7-1-6(4-9(12)13)2-8(3-7)10(14)15/h1-3,5H,4H2,(H,12,13). The zero-order valence-corrected chi connectivity index (χ0v) is 7.54. The van der Waals surface area contributed by atoms with E-state index in [0.29, 0.717) is 6.29 Å². The molecule has 0 fully saturated rings. The number of benzene rings is 1. The van der Waals surface area contributed by atoms with Crippen molar-refractivity contribution in [1.82, 2.24) is 0 Å². The Morgan fingerprint density at radius 1 is 1.47 bits per heavy atom. The van der Waals surface area contributed by atoms with Gasteiger partial charge in [-0.05, 0) is 11.6 Å². The van der Waals surface area contributed by atoms with E-state index >= 15 is 0 Å². The van der Waals surface area contributed by atoms with Gasteiger partial charge >= 0.3 is 5.97 Å². The molecule has 1 rings (SSSR count). The van der Waals surface area contributed by atoms with Gasteiger partial charge in [-0.2, -0.15) is 0 Å². The quantitative estimate of drug-likeness (QED) is 0.453. The summed E-state index contributed by atoms with van der Waals surface area (Å²) in [6, 6.07) is 3.55. The molecule has 0 saturated carbocycles. The van der Waals surface area contributed by atoms with E-state index in [-0.39, 0.29) is 23.2 Å². The third kappa shape index (κ3) is 2.87. The number of carbonyl (C=O) groups excluding carboxylic acids is 1. The van der Waals surface area contributed by atoms with Gasteiger partial charge in [-0.3, -0.25) is 19.7 Å². The summed E-state index contributed by atoms with van der Waals surface area (Å²) in [6.07, 6.45) is 0.0981. The summed E-state index contributed by atoms with van der Waals surface area (Å²) in [5.41, 5.74) is 0.0510. The van der Waals surface area contributed by atoms with Gasteiger partial charge in [0.15, 0.2) is 0 Å². The highest BCUT2D eigenvalue weighted by molar-refractivity contribution is 5.78. The van der Waals surface area contributed by atoms with Crippen LogP contribution in [-0.4, -0.2) is 22.3 Å². The normalized spacial score (nSPS) is 9.60. The zero-order valence-electron chi connectivity index (χ0n) is 7.54. The lowest BCUT2D eigenvalue weighted by atomic mass is 10.1. The Labute approximate surface area is 84.3 Å². The number of carboxylic acid groups (broad SMARTS) is 1. The minimum Gasteiger partial charge on any atom is -0.481 e. The van der Waals surface area contributed by atoms with Gasteiger partial charge in [0.1, 0.15) is 6.29 Å². The largest absolute Gasteiger partial charge is 0.481 e. The van der Waals surface area contributed by atoms with Crippen LogP contribution in [0.2, 0.25) is 0 Å². The van der Waals surface area contributed by atoms with Crippen LogP contribution in [0.3, 0.4) is 0 Å². The maximum absolute atomic E-state index is 10.4. The Morgan fingerprint density at radius 3 is 2.60 bits per heavy atom. The van der Waals surface area contributed by atoms with Crippen LogP contribution in [0, 0.1) is 10.1 Å². The molecule has 1 N–H and O–H groups in total. The number of rotatable bonds is 4. The Kier molecular flexibility index (Phi) is 3.12. The number of nitrogens with zero attached hydrogens (tertiary/aromatic N) is 1. The molecule has 6 heteroatoms. The van der Waals surface area contributed by atoms with Crippen molar-refractivity contribution in [2.45, 2.75) is 6.42 Å². The summed E-state index contributed by atoms with van der Waals surface area (Å²) in [5.74, 6) is -1.10. The molecule has 78 valence electrons. The molecule has 0 aromatic heterocycles. The molecule has 0 spiro atoms. The molecule has 0 radical (unpaired) electrons. The lowest BCUT2D eigenvalue weighted by molar-refractivity contribution is -0.384. The zero-order chi connectivity index (χ0) is 11.4. The van der Waals surface area contributed by atoms with Crippen molar-refractivity contribution in [3.05, 3.63) is 39.4 Å². The number of nitro groups is 1. The molecule has 1 aromatic rings. The third-order valence-electron chi connectivity index (χ3n) is 1.70. The molecule has 1 aromatic carbocycles. The van der Waals surface area contributed by atoms with Crippen LogP contribution in [-0.2, 0) is 11.2 Å². The molecular weight excluding hydrogens is 202 g/mol. The number of carbonyl (C=O) groups is 2. The summed E-state index contributed by atoms with van der Waals surface area (Å²) in [5, 5.41) is 19.0. The number of non-ortho nitro benzene ring substituents is 1. The first-order valence-electron chi connectivity index (χ1n) is 3.98. The Bertz CT molecular complexity index is 427. The monoisotopic (exact) mass is 209 g/mol. The summed E-state index contributed by atoms with van der Waals surface area (Å²) in [7, 11) is 0. The Balaban J connectivity index is 3.16. The maximum atomic E-state index is 10.4. The fourth-order valence-electron chi connectivity index (χ4n) is 1.15. The van der Waals surface area contributed by atoms with E-state index in [9.17, 15) is 19.7 Å². The van der Waals surface area contributed by atoms with Gasteiger partial charge in [-0.15, -0.1) is 0 Å². The smallest absolute Gasteiger partial charge is 0.307 e. The highest BCUT2D eigenvalue weighted by Crippen LogP contribution is 2.16. The molecule has 0 saturated heterocycles. The van der Waals surface area contributed by atoms with E-state index in [1.807, 2.05) is 0 Å². The number of hydrogen-bond acceptors (Lipinski definition) is 4. The molecule has 0 heterocycles. The molecule has 6 nitrogen and oxygen atoms in total. The van der Waals surface area contributed by atoms with Crippen molar-refractivity contribution < 1.29 is 19.6 Å². The van der Waals surface area contributed by atoms with Crippen LogP contribution in [0.4, 0.5) is 5.69 Å². The van der Waals surface area contributed by atoms with E-state index in [2.05, 4.69) is 0 Å². The topological polar surface area (TPSA) is 97.5 Å². The molecule has 0 unspecified atom stereocenters. The summed E-state index contributed by atoms with van der Waals surface area (Å²) in [6.45, 7) is 0. The van der Waals surface area contributed by atoms with Crippen LogP contribution < -0.4 is 0 Å². The van der Waals surface area contributed by atoms with E-state index in [4.69, 9.17) is 5.11 Å². The third-order valence-corrected chi connectivity index (χ3v) is 1.70. The second-order valence-corrected chi connectivity index (χ2v) is 2.88. The van der Waals surface area contributed by atoms with Crippen molar-refractivity contribution in [2.75, 3.05) is 0 Å². The first-order chi connectivity index (χ1) is 7.02. The predicted octanol–water partition coefficient (Wildman–Crippen LogP) is 1.03. The SMILES string of the molecule is O=Cc1cc(CC(=O)O)cc([N+](=O)[O-])c1. The van der Waals surface area contributed by atoms with Gasteiger partial charge in [0.05, 0.1) is 11.3 Å². The molecular formula is C9H7NO5. The molecule has 0 aliphatic heterocycles. The molecule has 15 heavy (non-hydrogen) atoms. The van der Waals surface area contributed by atoms with E-state index in [1.165, 1.54) is 6.07 Å². The van der Waals surface area contributed by atoms with Crippen LogP contribution in [0.15, 0.2) is 18.2 Å². The lowest BCUT2D eigenvalue weighted by Crippen LogP contribution is -2.02. The number of hydrogen-bond donors (Lipinski definition) is 1. The summed E-state index contributed by atoms with van der Waals surface area (Å²) < 4.78 is 0. The average Bonchev–Trinajstić information content (AvgIpc) is 2.16. The highest BCUT2D eigenvalue weighted by Gasteiger charge is 2.11. The van der Waals surface area contributed by atoms with Crippen LogP contribution in [0.5, 0.6) is 0 Å². The minimum absolute atomic E-state index is 0.0976. The van der Waals surface area contributed by atoms with Gasteiger partial charge < -0.3 is 5.11 Å². The fourth-order valence-corrected chi connectivity index (χ4v) is 1.15. The first-order valence-corrected chi connectivity index (χ1v) is 3.98. The van der Waals surface area contributed by atoms with Crippen LogP contribution in [0.1, 0.15) is 15.9 Å². The second kappa shape index (κ2) is 4.32. The molecule has 0 bridgehead atoms. The van der Waals surface area contributed by atoms with Crippen molar-refractivity contribution in [1.29, 1.82) is 0 Å². The van der Waals surface area contributed by atoms with Crippen molar-refractivity contribution in [3.8, 4) is 0 Å². The van der Waals surface area contributed by atoms with Gasteiger partial charge in [-0.25, -0.2) is 0 Å². The van der Waals surface area contributed by atoms with Gasteiger partial charge in [0.25, 0.3) is 5.69 Å².